The largest absolute Gasteiger partial charge is 0.394 e. The Morgan fingerprint density at radius 3 is 2.40 bits per heavy atom. The van der Waals surface area contributed by atoms with Crippen molar-refractivity contribution in [1.82, 2.24) is 0 Å². The van der Waals surface area contributed by atoms with Gasteiger partial charge in [-0.15, -0.1) is 6.58 Å². The average Bonchev–Trinajstić information content (AvgIpc) is 2.83. The molecule has 3 aliphatic carbocycles. The number of hydrogen-bond acceptors (Lipinski definition) is 9. The lowest BCUT2D eigenvalue weighted by Crippen LogP contribution is -2.65. The van der Waals surface area contributed by atoms with Crippen LogP contribution in [0.4, 0.5) is 0 Å². The minimum Gasteiger partial charge on any atom is -0.394 e. The van der Waals surface area contributed by atoms with E-state index in [0.717, 1.165) is 18.4 Å². The van der Waals surface area contributed by atoms with Crippen molar-refractivity contribution in [3.63, 3.8) is 0 Å². The summed E-state index contributed by atoms with van der Waals surface area (Å²) in [5.41, 5.74) is -0.646. The van der Waals surface area contributed by atoms with Crippen molar-refractivity contribution in [2.75, 3.05) is 13.2 Å². The van der Waals surface area contributed by atoms with Gasteiger partial charge in [0.2, 0.25) is 0 Å². The Balaban J connectivity index is 1.62. The Bertz CT molecular complexity index is 832. The van der Waals surface area contributed by atoms with Crippen molar-refractivity contribution in [2.45, 2.75) is 95.5 Å². The molecule has 13 atom stereocenters. The van der Waals surface area contributed by atoms with E-state index < -0.39 is 66.5 Å². The number of hydrogen-bond donors (Lipinski definition) is 7. The van der Waals surface area contributed by atoms with E-state index in [-0.39, 0.29) is 23.9 Å². The first-order chi connectivity index (χ1) is 16.3. The van der Waals surface area contributed by atoms with E-state index in [0.29, 0.717) is 12.8 Å². The monoisotopic (exact) mass is 498 g/mol. The molecule has 0 spiro atoms. The lowest BCUT2D eigenvalue weighted by Gasteiger charge is -2.63. The second-order valence-corrected chi connectivity index (χ2v) is 12.0. The first kappa shape index (κ1) is 27.2. The van der Waals surface area contributed by atoms with E-state index in [2.05, 4.69) is 26.5 Å². The molecular weight excluding hydrogens is 456 g/mol. The molecule has 0 radical (unpaired) electrons. The van der Waals surface area contributed by atoms with E-state index in [1.54, 1.807) is 0 Å². The van der Waals surface area contributed by atoms with Gasteiger partial charge >= 0.3 is 0 Å². The highest BCUT2D eigenvalue weighted by molar-refractivity contribution is 5.30. The van der Waals surface area contributed by atoms with Gasteiger partial charge in [-0.3, -0.25) is 0 Å². The SMILES string of the molecule is C=C[C@]1(C)C=C2[C@H](O)C[C@@H]3[C@](C)(C[C@@H](O)[C@H](O)[C@]3(C)CO[C@@H]3O[C@H](CO)[C@@H](O)[C@@H](O)[C@@H]3O)[C@H]2CC1. The molecule has 1 aliphatic heterocycles. The molecule has 2 saturated carbocycles. The molecule has 200 valence electrons. The van der Waals surface area contributed by atoms with Gasteiger partial charge in [-0.2, -0.15) is 0 Å². The standard InChI is InChI=1S/C26H42O9/c1-5-24(2)7-6-14-13(9-24)15(28)8-18-25(14,3)10-16(29)22(33)26(18,4)12-34-23-21(32)20(31)19(30)17(11-27)35-23/h5,9,14-23,27-33H,1,6-8,10-12H2,2-4H3/t14-,15+,16+,17+,18+,19+,20+,21-,22-,23+,24-,25+,26+/m0/s1. The van der Waals surface area contributed by atoms with Crippen LogP contribution in [0.3, 0.4) is 0 Å². The van der Waals surface area contributed by atoms with Crippen LogP contribution in [-0.2, 0) is 9.47 Å². The van der Waals surface area contributed by atoms with Crippen molar-refractivity contribution in [2.24, 2.45) is 28.1 Å². The zero-order valence-corrected chi connectivity index (χ0v) is 20.8. The van der Waals surface area contributed by atoms with Crippen LogP contribution in [0.2, 0.25) is 0 Å². The average molecular weight is 499 g/mol. The summed E-state index contributed by atoms with van der Waals surface area (Å²) in [5.74, 6) is -0.193. The second kappa shape index (κ2) is 9.45. The highest BCUT2D eigenvalue weighted by Gasteiger charge is 2.63. The second-order valence-electron chi connectivity index (χ2n) is 12.0. The minimum atomic E-state index is -1.57. The zero-order chi connectivity index (χ0) is 25.9. The summed E-state index contributed by atoms with van der Waals surface area (Å²) < 4.78 is 11.4. The van der Waals surface area contributed by atoms with Gasteiger partial charge in [-0.25, -0.2) is 0 Å². The molecule has 0 aromatic heterocycles. The molecule has 0 bridgehead atoms. The molecule has 35 heavy (non-hydrogen) atoms. The van der Waals surface area contributed by atoms with Gasteiger partial charge in [0, 0.05) is 10.8 Å². The van der Waals surface area contributed by atoms with Gasteiger partial charge in [0.05, 0.1) is 31.5 Å². The van der Waals surface area contributed by atoms with E-state index in [1.807, 2.05) is 13.0 Å². The third kappa shape index (κ3) is 4.32. The fourth-order valence-corrected chi connectivity index (χ4v) is 7.41. The maximum absolute atomic E-state index is 11.2. The molecular formula is C26H42O9. The van der Waals surface area contributed by atoms with E-state index in [4.69, 9.17) is 9.47 Å². The van der Waals surface area contributed by atoms with Gasteiger partial charge in [0.1, 0.15) is 24.4 Å². The van der Waals surface area contributed by atoms with Gasteiger partial charge in [0.15, 0.2) is 6.29 Å². The quantitative estimate of drug-likeness (QED) is 0.256. The van der Waals surface area contributed by atoms with Crippen LogP contribution in [0.5, 0.6) is 0 Å². The van der Waals surface area contributed by atoms with Crippen LogP contribution < -0.4 is 0 Å². The van der Waals surface area contributed by atoms with Crippen molar-refractivity contribution >= 4 is 0 Å². The van der Waals surface area contributed by atoms with Crippen LogP contribution in [0.25, 0.3) is 0 Å². The lowest BCUT2D eigenvalue weighted by atomic mass is 9.43. The molecule has 0 aromatic carbocycles. The van der Waals surface area contributed by atoms with E-state index >= 15 is 0 Å². The predicted octanol–water partition coefficient (Wildman–Crippen LogP) is -0.149. The highest BCUT2D eigenvalue weighted by Crippen LogP contribution is 2.64. The first-order valence-electron chi connectivity index (χ1n) is 12.6. The van der Waals surface area contributed by atoms with E-state index in [1.165, 1.54) is 0 Å². The summed E-state index contributed by atoms with van der Waals surface area (Å²) in [5, 5.41) is 73.4. The molecule has 1 saturated heterocycles. The number of allylic oxidation sites excluding steroid dienone is 2. The molecule has 9 heteroatoms. The van der Waals surface area contributed by atoms with Crippen molar-refractivity contribution in [1.29, 1.82) is 0 Å². The van der Waals surface area contributed by atoms with Crippen LogP contribution in [0.1, 0.15) is 46.5 Å². The number of rotatable bonds is 5. The Morgan fingerprint density at radius 1 is 1.09 bits per heavy atom. The number of aliphatic hydroxyl groups is 7. The number of aliphatic hydroxyl groups excluding tert-OH is 7. The summed E-state index contributed by atoms with van der Waals surface area (Å²) in [4.78, 5) is 0. The molecule has 3 fully saturated rings. The molecule has 4 rings (SSSR count). The number of fused-ring (bicyclic) bond motifs is 3. The molecule has 7 N–H and O–H groups in total. The zero-order valence-electron chi connectivity index (χ0n) is 20.8. The smallest absolute Gasteiger partial charge is 0.186 e. The predicted molar refractivity (Wildman–Crippen MR) is 126 cm³/mol. The molecule has 0 unspecified atom stereocenters. The van der Waals surface area contributed by atoms with Gasteiger partial charge in [-0.05, 0) is 48.5 Å². The number of ether oxygens (including phenoxy) is 2. The molecule has 0 amide bonds. The van der Waals surface area contributed by atoms with Gasteiger partial charge in [-0.1, -0.05) is 32.9 Å². The lowest BCUT2D eigenvalue weighted by molar-refractivity contribution is -0.316. The van der Waals surface area contributed by atoms with Crippen LogP contribution in [0, 0.1) is 28.1 Å². The minimum absolute atomic E-state index is 0.0259. The Hall–Kier alpha value is -0.880. The van der Waals surface area contributed by atoms with E-state index in [9.17, 15) is 35.7 Å². The van der Waals surface area contributed by atoms with Crippen LogP contribution >= 0.6 is 0 Å². The van der Waals surface area contributed by atoms with Crippen LogP contribution in [-0.4, -0.2) is 98.0 Å². The fourth-order valence-electron chi connectivity index (χ4n) is 7.41. The van der Waals surface area contributed by atoms with Crippen molar-refractivity contribution < 1.29 is 45.2 Å². The third-order valence-electron chi connectivity index (χ3n) is 9.66. The highest BCUT2D eigenvalue weighted by atomic mass is 16.7. The Kier molecular flexibility index (Phi) is 7.34. The Morgan fingerprint density at radius 2 is 1.77 bits per heavy atom. The molecule has 4 aliphatic rings. The maximum atomic E-state index is 11.2. The first-order valence-corrected chi connectivity index (χ1v) is 12.6. The maximum Gasteiger partial charge on any atom is 0.186 e. The summed E-state index contributed by atoms with van der Waals surface area (Å²) >= 11 is 0. The topological polar surface area (TPSA) is 160 Å². The summed E-state index contributed by atoms with van der Waals surface area (Å²) in [6, 6.07) is 0. The molecule has 1 heterocycles. The van der Waals surface area contributed by atoms with Gasteiger partial charge in [0.25, 0.3) is 0 Å². The summed E-state index contributed by atoms with van der Waals surface area (Å²) in [6.45, 7) is 9.28. The summed E-state index contributed by atoms with van der Waals surface area (Å²) in [7, 11) is 0. The molecule has 0 aromatic rings. The third-order valence-corrected chi connectivity index (χ3v) is 9.66. The molecule has 9 nitrogen and oxygen atoms in total. The van der Waals surface area contributed by atoms with Crippen molar-refractivity contribution in [3.8, 4) is 0 Å². The van der Waals surface area contributed by atoms with Crippen LogP contribution in [0.15, 0.2) is 24.3 Å². The fraction of sp³-hybridized carbons (Fsp3) is 0.846. The summed E-state index contributed by atoms with van der Waals surface area (Å²) in [6.07, 6.45) is -3.45. The van der Waals surface area contributed by atoms with Crippen molar-refractivity contribution in [3.05, 3.63) is 24.3 Å². The Labute approximate surface area is 206 Å². The normalized spacial score (nSPS) is 54.4. The van der Waals surface area contributed by atoms with Gasteiger partial charge < -0.3 is 45.2 Å².